The molecule has 44 heavy (non-hydrogen) atoms. The van der Waals surface area contributed by atoms with Crippen molar-refractivity contribution in [2.45, 2.75) is 46.2 Å². The first kappa shape index (κ1) is 30.6. The molecule has 1 aromatic heterocycles. The third kappa shape index (κ3) is 7.21. The third-order valence-electron chi connectivity index (χ3n) is 7.42. The van der Waals surface area contributed by atoms with Crippen LogP contribution >= 0.6 is 0 Å². The van der Waals surface area contributed by atoms with Crippen molar-refractivity contribution in [1.29, 1.82) is 0 Å². The molecule has 13 nitrogen and oxygen atoms in total. The van der Waals surface area contributed by atoms with Gasteiger partial charge in [-0.15, -0.1) is 0 Å². The van der Waals surface area contributed by atoms with E-state index in [0.717, 1.165) is 5.56 Å². The van der Waals surface area contributed by atoms with Crippen LogP contribution in [0.3, 0.4) is 0 Å². The molecule has 0 radical (unpaired) electrons. The lowest BCUT2D eigenvalue weighted by Crippen LogP contribution is -2.44. The van der Waals surface area contributed by atoms with Gasteiger partial charge in [0.2, 0.25) is 18.6 Å². The molecule has 0 unspecified atom stereocenters. The Balaban J connectivity index is 1.40. The number of aryl methyl sites for hydroxylation is 1. The zero-order valence-corrected chi connectivity index (χ0v) is 25.4. The van der Waals surface area contributed by atoms with E-state index in [-0.39, 0.29) is 56.5 Å². The van der Waals surface area contributed by atoms with Crippen LogP contribution < -0.4 is 29.6 Å². The Morgan fingerprint density at radius 3 is 2.68 bits per heavy atom. The number of hydrogen-bond donors (Lipinski definition) is 2. The number of nitrogens with one attached hydrogen (secondary N) is 2. The average Bonchev–Trinajstić information content (AvgIpc) is 3.62. The molecule has 0 saturated carbocycles. The summed E-state index contributed by atoms with van der Waals surface area (Å²) in [5.74, 6) is 2.43. The Kier molecular flexibility index (Phi) is 9.51. The normalized spacial score (nSPS) is 17.6. The first-order valence-corrected chi connectivity index (χ1v) is 14.7. The van der Waals surface area contributed by atoms with Crippen LogP contribution in [0, 0.1) is 12.8 Å². The molecular weight excluding hydrogens is 568 g/mol. The molecule has 2 N–H and O–H groups in total. The number of benzene rings is 2. The van der Waals surface area contributed by atoms with Crippen molar-refractivity contribution >= 4 is 17.7 Å². The van der Waals surface area contributed by atoms with Crippen molar-refractivity contribution in [3.05, 3.63) is 59.2 Å². The highest BCUT2D eigenvalue weighted by Crippen LogP contribution is 2.33. The summed E-state index contributed by atoms with van der Waals surface area (Å²) in [6, 6.07) is 9.90. The van der Waals surface area contributed by atoms with Gasteiger partial charge in [-0.25, -0.2) is 9.67 Å². The predicted octanol–water partition coefficient (Wildman–Crippen LogP) is 2.42. The van der Waals surface area contributed by atoms with Gasteiger partial charge >= 0.3 is 0 Å². The first-order valence-electron chi connectivity index (χ1n) is 14.7. The smallest absolute Gasteiger partial charge is 0.251 e. The van der Waals surface area contributed by atoms with Crippen LogP contribution in [0.15, 0.2) is 36.4 Å². The van der Waals surface area contributed by atoms with E-state index in [1.807, 2.05) is 19.9 Å². The fourth-order valence-electron chi connectivity index (χ4n) is 5.16. The maximum Gasteiger partial charge on any atom is 0.251 e. The number of rotatable bonds is 4. The molecule has 2 aromatic carbocycles. The SMILES string of the molecule is COc1ccc2cc1OCCn1nc(C)nc1[C@H](C(C)C)NC(=O)CN(C(=O)Cc1ccc3c(c1)OCO3)CCCNC2=O. The molecule has 3 heterocycles. The van der Waals surface area contributed by atoms with Gasteiger partial charge in [0.25, 0.3) is 5.91 Å². The van der Waals surface area contributed by atoms with E-state index >= 15 is 0 Å². The summed E-state index contributed by atoms with van der Waals surface area (Å²) in [5, 5.41) is 10.5. The molecule has 3 amide bonds. The fraction of sp³-hybridized carbons (Fsp3) is 0.452. The number of amides is 3. The summed E-state index contributed by atoms with van der Waals surface area (Å²) >= 11 is 0. The van der Waals surface area contributed by atoms with E-state index in [2.05, 4.69) is 20.7 Å². The number of carbonyl (C=O) groups excluding carboxylic acids is 3. The van der Waals surface area contributed by atoms with Gasteiger partial charge in [0, 0.05) is 18.7 Å². The number of ether oxygens (including phenoxy) is 4. The zero-order valence-electron chi connectivity index (χ0n) is 25.4. The highest BCUT2D eigenvalue weighted by atomic mass is 16.7. The quantitative estimate of drug-likeness (QED) is 0.457. The monoisotopic (exact) mass is 606 g/mol. The molecule has 0 fully saturated rings. The van der Waals surface area contributed by atoms with E-state index in [0.29, 0.717) is 59.7 Å². The van der Waals surface area contributed by atoms with Gasteiger partial charge in [0.15, 0.2) is 23.0 Å². The molecule has 0 saturated heterocycles. The number of fused-ring (bicyclic) bond motifs is 4. The van der Waals surface area contributed by atoms with Gasteiger partial charge in [-0.2, -0.15) is 5.10 Å². The molecule has 2 aliphatic heterocycles. The van der Waals surface area contributed by atoms with Crippen molar-refractivity contribution in [2.75, 3.05) is 40.1 Å². The van der Waals surface area contributed by atoms with Crippen LogP contribution in [0.25, 0.3) is 0 Å². The van der Waals surface area contributed by atoms with E-state index in [1.165, 1.54) is 12.0 Å². The summed E-state index contributed by atoms with van der Waals surface area (Å²) < 4.78 is 24.0. The lowest BCUT2D eigenvalue weighted by atomic mass is 10.0. The molecule has 5 rings (SSSR count). The number of aromatic nitrogens is 3. The van der Waals surface area contributed by atoms with E-state index in [1.54, 1.807) is 41.9 Å². The minimum atomic E-state index is -0.453. The van der Waals surface area contributed by atoms with Gasteiger partial charge in [-0.05, 0) is 55.2 Å². The Morgan fingerprint density at radius 1 is 1.07 bits per heavy atom. The predicted molar refractivity (Wildman–Crippen MR) is 159 cm³/mol. The Morgan fingerprint density at radius 2 is 1.89 bits per heavy atom. The lowest BCUT2D eigenvalue weighted by molar-refractivity contribution is -0.136. The second kappa shape index (κ2) is 13.7. The molecule has 13 heteroatoms. The van der Waals surface area contributed by atoms with Crippen molar-refractivity contribution in [3.8, 4) is 23.0 Å². The van der Waals surface area contributed by atoms with Crippen LogP contribution in [0.5, 0.6) is 23.0 Å². The number of hydrogen-bond acceptors (Lipinski definition) is 9. The highest BCUT2D eigenvalue weighted by Gasteiger charge is 2.27. The standard InChI is InChI=1S/C31H38N6O7/c1-19(2)29-30-33-20(3)35-37(30)12-13-42-26-16-22(7-9-23(26)41-4)31(40)32-10-5-11-36(17-27(38)34-29)28(39)15-21-6-8-24-25(14-21)44-18-43-24/h6-9,14,16,19,29H,5,10-13,15,17-18H2,1-4H3,(H,32,40)(H,34,38)/t29-/m0/s1. The minimum absolute atomic E-state index is 0.0161. The Bertz CT molecular complexity index is 1520. The van der Waals surface area contributed by atoms with Crippen LogP contribution in [0.2, 0.25) is 0 Å². The Hall–Kier alpha value is -4.81. The highest BCUT2D eigenvalue weighted by molar-refractivity contribution is 5.94. The van der Waals surface area contributed by atoms with Crippen LogP contribution in [0.4, 0.5) is 0 Å². The van der Waals surface area contributed by atoms with Gasteiger partial charge in [-0.3, -0.25) is 14.4 Å². The summed E-state index contributed by atoms with van der Waals surface area (Å²) in [5.41, 5.74) is 1.16. The molecular formula is C31H38N6O7. The van der Waals surface area contributed by atoms with Crippen LogP contribution in [0.1, 0.15) is 53.9 Å². The second-order valence-corrected chi connectivity index (χ2v) is 11.0. The maximum atomic E-state index is 13.5. The second-order valence-electron chi connectivity index (χ2n) is 11.0. The van der Waals surface area contributed by atoms with Crippen molar-refractivity contribution in [2.24, 2.45) is 5.92 Å². The Labute approximate surface area is 255 Å². The average molecular weight is 607 g/mol. The zero-order chi connectivity index (χ0) is 31.2. The van der Waals surface area contributed by atoms with E-state index < -0.39 is 6.04 Å². The molecule has 2 bridgehead atoms. The summed E-state index contributed by atoms with van der Waals surface area (Å²) in [6.07, 6.45) is 0.512. The molecule has 234 valence electrons. The van der Waals surface area contributed by atoms with Gasteiger partial charge < -0.3 is 34.5 Å². The third-order valence-corrected chi connectivity index (χ3v) is 7.42. The number of carbonyl (C=O) groups is 3. The number of methoxy groups -OCH3 is 1. The lowest BCUT2D eigenvalue weighted by Gasteiger charge is -2.26. The molecule has 0 aliphatic carbocycles. The van der Waals surface area contributed by atoms with Crippen molar-refractivity contribution < 1.29 is 33.3 Å². The van der Waals surface area contributed by atoms with Crippen molar-refractivity contribution in [1.82, 2.24) is 30.3 Å². The summed E-state index contributed by atoms with van der Waals surface area (Å²) in [6.45, 7) is 6.87. The van der Waals surface area contributed by atoms with E-state index in [9.17, 15) is 14.4 Å². The van der Waals surface area contributed by atoms with Crippen LogP contribution in [-0.4, -0.2) is 77.5 Å². The fourth-order valence-corrected chi connectivity index (χ4v) is 5.16. The van der Waals surface area contributed by atoms with Crippen LogP contribution in [-0.2, 0) is 22.6 Å². The van der Waals surface area contributed by atoms with Gasteiger partial charge in [-0.1, -0.05) is 19.9 Å². The largest absolute Gasteiger partial charge is 0.493 e. The van der Waals surface area contributed by atoms with Gasteiger partial charge in [0.05, 0.1) is 32.7 Å². The van der Waals surface area contributed by atoms with E-state index in [4.69, 9.17) is 18.9 Å². The number of nitrogens with zero attached hydrogens (tertiary/aromatic N) is 4. The molecule has 1 atom stereocenters. The van der Waals surface area contributed by atoms with Gasteiger partial charge in [0.1, 0.15) is 18.3 Å². The molecule has 3 aromatic rings. The maximum absolute atomic E-state index is 13.5. The minimum Gasteiger partial charge on any atom is -0.493 e. The molecule has 2 aliphatic rings. The molecule has 0 spiro atoms. The topological polar surface area (TPSA) is 146 Å². The summed E-state index contributed by atoms with van der Waals surface area (Å²) in [4.78, 5) is 46.1. The van der Waals surface area contributed by atoms with Crippen molar-refractivity contribution in [3.63, 3.8) is 0 Å². The summed E-state index contributed by atoms with van der Waals surface area (Å²) in [7, 11) is 1.54. The first-order chi connectivity index (χ1) is 21.2.